The highest BCUT2D eigenvalue weighted by Crippen LogP contribution is 2.20. The SMILES string of the molecule is CCC(N)CCN(C)C(C)c1ccc(Cl)cc1. The van der Waals surface area contributed by atoms with Crippen LogP contribution in [-0.2, 0) is 0 Å². The number of nitrogens with two attached hydrogens (primary N) is 1. The highest BCUT2D eigenvalue weighted by atomic mass is 35.5. The molecule has 0 spiro atoms. The Morgan fingerprint density at radius 3 is 2.41 bits per heavy atom. The van der Waals surface area contributed by atoms with E-state index in [0.717, 1.165) is 24.4 Å². The Morgan fingerprint density at radius 1 is 1.29 bits per heavy atom. The van der Waals surface area contributed by atoms with E-state index in [4.69, 9.17) is 17.3 Å². The van der Waals surface area contributed by atoms with Gasteiger partial charge in [0.05, 0.1) is 0 Å². The summed E-state index contributed by atoms with van der Waals surface area (Å²) in [7, 11) is 2.14. The van der Waals surface area contributed by atoms with E-state index in [2.05, 4.69) is 37.9 Å². The molecule has 2 N–H and O–H groups in total. The standard InChI is InChI=1S/C14H23ClN2/c1-4-14(16)9-10-17(3)11(2)12-5-7-13(15)8-6-12/h5-8,11,14H,4,9-10,16H2,1-3H3. The molecule has 96 valence electrons. The molecule has 0 radical (unpaired) electrons. The maximum absolute atomic E-state index is 5.94. The smallest absolute Gasteiger partial charge is 0.0406 e. The number of nitrogens with zero attached hydrogens (tertiary/aromatic N) is 1. The molecule has 1 aromatic carbocycles. The number of benzene rings is 1. The van der Waals surface area contributed by atoms with Crippen molar-refractivity contribution in [2.45, 2.75) is 38.8 Å². The molecule has 0 aliphatic carbocycles. The van der Waals surface area contributed by atoms with Gasteiger partial charge in [-0.3, -0.25) is 4.90 Å². The van der Waals surface area contributed by atoms with Crippen molar-refractivity contribution in [3.63, 3.8) is 0 Å². The summed E-state index contributed by atoms with van der Waals surface area (Å²) in [4.78, 5) is 2.33. The van der Waals surface area contributed by atoms with E-state index in [1.54, 1.807) is 0 Å². The van der Waals surface area contributed by atoms with Crippen LogP contribution in [0.25, 0.3) is 0 Å². The summed E-state index contributed by atoms with van der Waals surface area (Å²) in [6.45, 7) is 5.37. The van der Waals surface area contributed by atoms with Crippen LogP contribution < -0.4 is 5.73 Å². The quantitative estimate of drug-likeness (QED) is 0.843. The molecule has 1 aromatic rings. The molecule has 0 saturated heterocycles. The van der Waals surface area contributed by atoms with E-state index in [-0.39, 0.29) is 0 Å². The van der Waals surface area contributed by atoms with Gasteiger partial charge in [-0.2, -0.15) is 0 Å². The second-order valence-electron chi connectivity index (χ2n) is 4.67. The second-order valence-corrected chi connectivity index (χ2v) is 5.10. The number of hydrogen-bond acceptors (Lipinski definition) is 2. The number of halogens is 1. The van der Waals surface area contributed by atoms with Crippen molar-refractivity contribution < 1.29 is 0 Å². The van der Waals surface area contributed by atoms with Crippen molar-refractivity contribution >= 4 is 11.6 Å². The Kier molecular flexibility index (Phi) is 5.96. The Hall–Kier alpha value is -0.570. The minimum Gasteiger partial charge on any atom is -0.328 e. The molecule has 2 atom stereocenters. The molecular weight excluding hydrogens is 232 g/mol. The molecule has 1 rings (SSSR count). The van der Waals surface area contributed by atoms with Gasteiger partial charge in [-0.1, -0.05) is 30.7 Å². The summed E-state index contributed by atoms with van der Waals surface area (Å²) >= 11 is 5.89. The maximum atomic E-state index is 5.94. The number of hydrogen-bond donors (Lipinski definition) is 1. The lowest BCUT2D eigenvalue weighted by Gasteiger charge is -2.26. The van der Waals surface area contributed by atoms with Crippen LogP contribution >= 0.6 is 11.6 Å². The minimum atomic E-state index is 0.315. The molecule has 2 unspecified atom stereocenters. The molecule has 0 amide bonds. The summed E-state index contributed by atoms with van der Waals surface area (Å²) in [6, 6.07) is 8.77. The van der Waals surface area contributed by atoms with Crippen molar-refractivity contribution in [1.29, 1.82) is 0 Å². The Morgan fingerprint density at radius 2 is 1.88 bits per heavy atom. The predicted octanol–water partition coefficient (Wildman–Crippen LogP) is 3.46. The Labute approximate surface area is 110 Å². The van der Waals surface area contributed by atoms with Crippen LogP contribution in [-0.4, -0.2) is 24.5 Å². The lowest BCUT2D eigenvalue weighted by atomic mass is 10.1. The first kappa shape index (κ1) is 14.5. The van der Waals surface area contributed by atoms with Gasteiger partial charge in [-0.05, 0) is 51.1 Å². The monoisotopic (exact) mass is 254 g/mol. The van der Waals surface area contributed by atoms with Crippen LogP contribution in [0, 0.1) is 0 Å². The molecule has 0 aliphatic rings. The van der Waals surface area contributed by atoms with Gasteiger partial charge in [0.1, 0.15) is 0 Å². The van der Waals surface area contributed by atoms with E-state index in [1.807, 2.05) is 12.1 Å². The molecule has 0 fully saturated rings. The second kappa shape index (κ2) is 7.00. The molecule has 0 bridgehead atoms. The van der Waals surface area contributed by atoms with Crippen LogP contribution in [0.1, 0.15) is 38.3 Å². The van der Waals surface area contributed by atoms with Crippen molar-refractivity contribution in [3.8, 4) is 0 Å². The zero-order chi connectivity index (χ0) is 12.8. The average molecular weight is 255 g/mol. The lowest BCUT2D eigenvalue weighted by molar-refractivity contribution is 0.250. The molecule has 0 aromatic heterocycles. The van der Waals surface area contributed by atoms with Gasteiger partial charge >= 0.3 is 0 Å². The fourth-order valence-electron chi connectivity index (χ4n) is 1.76. The van der Waals surface area contributed by atoms with E-state index in [1.165, 1.54) is 5.56 Å². The van der Waals surface area contributed by atoms with Crippen molar-refractivity contribution in [3.05, 3.63) is 34.9 Å². The van der Waals surface area contributed by atoms with Gasteiger partial charge < -0.3 is 5.73 Å². The summed E-state index contributed by atoms with van der Waals surface area (Å²) in [6.07, 6.45) is 2.09. The van der Waals surface area contributed by atoms with Crippen LogP contribution in [0.5, 0.6) is 0 Å². The molecule has 0 heterocycles. The summed E-state index contributed by atoms with van der Waals surface area (Å²) in [5.41, 5.74) is 7.23. The van der Waals surface area contributed by atoms with Crippen LogP contribution in [0.3, 0.4) is 0 Å². The van der Waals surface area contributed by atoms with Crippen molar-refractivity contribution in [2.75, 3.05) is 13.6 Å². The predicted molar refractivity (Wildman–Crippen MR) is 75.4 cm³/mol. The molecule has 2 nitrogen and oxygen atoms in total. The summed E-state index contributed by atoms with van der Waals surface area (Å²) in [5.74, 6) is 0. The van der Waals surface area contributed by atoms with E-state index >= 15 is 0 Å². The first-order chi connectivity index (χ1) is 8.04. The molecule has 17 heavy (non-hydrogen) atoms. The van der Waals surface area contributed by atoms with E-state index in [0.29, 0.717) is 12.1 Å². The number of rotatable bonds is 6. The van der Waals surface area contributed by atoms with Gasteiger partial charge in [0.2, 0.25) is 0 Å². The third-order valence-electron chi connectivity index (χ3n) is 3.39. The molecular formula is C14H23ClN2. The maximum Gasteiger partial charge on any atom is 0.0406 e. The van der Waals surface area contributed by atoms with Crippen LogP contribution in [0.4, 0.5) is 0 Å². The fourth-order valence-corrected chi connectivity index (χ4v) is 1.89. The zero-order valence-corrected chi connectivity index (χ0v) is 11.7. The average Bonchev–Trinajstić information content (AvgIpc) is 2.35. The topological polar surface area (TPSA) is 29.3 Å². The largest absolute Gasteiger partial charge is 0.328 e. The summed E-state index contributed by atoms with van der Waals surface area (Å²) in [5, 5.41) is 0.789. The molecule has 0 saturated carbocycles. The minimum absolute atomic E-state index is 0.315. The van der Waals surface area contributed by atoms with Gasteiger partial charge in [0, 0.05) is 17.1 Å². The Balaban J connectivity index is 2.51. The summed E-state index contributed by atoms with van der Waals surface area (Å²) < 4.78 is 0. The van der Waals surface area contributed by atoms with E-state index in [9.17, 15) is 0 Å². The third kappa shape index (κ3) is 4.66. The fraction of sp³-hybridized carbons (Fsp3) is 0.571. The zero-order valence-electron chi connectivity index (χ0n) is 11.0. The van der Waals surface area contributed by atoms with Crippen LogP contribution in [0.2, 0.25) is 5.02 Å². The van der Waals surface area contributed by atoms with Crippen molar-refractivity contribution in [1.82, 2.24) is 4.90 Å². The normalized spacial score (nSPS) is 14.9. The van der Waals surface area contributed by atoms with Gasteiger partial charge in [0.15, 0.2) is 0 Å². The van der Waals surface area contributed by atoms with Crippen molar-refractivity contribution in [2.24, 2.45) is 5.73 Å². The first-order valence-corrected chi connectivity index (χ1v) is 6.63. The highest BCUT2D eigenvalue weighted by molar-refractivity contribution is 6.30. The van der Waals surface area contributed by atoms with Gasteiger partial charge in [0.25, 0.3) is 0 Å². The highest BCUT2D eigenvalue weighted by Gasteiger charge is 2.12. The first-order valence-electron chi connectivity index (χ1n) is 6.25. The van der Waals surface area contributed by atoms with Gasteiger partial charge in [-0.15, -0.1) is 0 Å². The molecule has 3 heteroatoms. The third-order valence-corrected chi connectivity index (χ3v) is 3.64. The van der Waals surface area contributed by atoms with Gasteiger partial charge in [-0.25, -0.2) is 0 Å². The lowest BCUT2D eigenvalue weighted by Crippen LogP contribution is -2.29. The van der Waals surface area contributed by atoms with E-state index < -0.39 is 0 Å². The van der Waals surface area contributed by atoms with Crippen LogP contribution in [0.15, 0.2) is 24.3 Å². The molecule has 0 aliphatic heterocycles. The Bertz CT molecular complexity index is 323.